The minimum absolute atomic E-state index is 0.248. The van der Waals surface area contributed by atoms with Crippen LogP contribution in [0.25, 0.3) is 0 Å². The number of rotatable bonds is 9. The van der Waals surface area contributed by atoms with Gasteiger partial charge in [0.2, 0.25) is 0 Å². The quantitative estimate of drug-likeness (QED) is 0.502. The van der Waals surface area contributed by atoms with Gasteiger partial charge in [0.1, 0.15) is 5.82 Å². The van der Waals surface area contributed by atoms with Crippen LogP contribution in [0.5, 0.6) is 0 Å². The lowest BCUT2D eigenvalue weighted by Gasteiger charge is -2.19. The Morgan fingerprint density at radius 2 is 1.97 bits per heavy atom. The van der Waals surface area contributed by atoms with Gasteiger partial charge in [0.05, 0.1) is 24.9 Å². The largest absolute Gasteiger partial charge is 0.376 e. The third kappa shape index (κ3) is 5.65. The summed E-state index contributed by atoms with van der Waals surface area (Å²) < 4.78 is 8.13. The zero-order valence-corrected chi connectivity index (χ0v) is 17.6. The molecule has 0 spiro atoms. The average Bonchev–Trinajstić information content (AvgIpc) is 3.39. The lowest BCUT2D eigenvalue weighted by molar-refractivity contribution is 0.0934. The van der Waals surface area contributed by atoms with Gasteiger partial charge in [-0.25, -0.2) is 0 Å². The van der Waals surface area contributed by atoms with E-state index in [4.69, 9.17) is 4.74 Å². The number of pyridine rings is 1. The molecule has 1 aromatic carbocycles. The van der Waals surface area contributed by atoms with Gasteiger partial charge in [-0.2, -0.15) is 0 Å². The van der Waals surface area contributed by atoms with Crippen molar-refractivity contribution in [1.29, 1.82) is 0 Å². The number of nitrogens with zero attached hydrogens (tertiary/aromatic N) is 5. The third-order valence-corrected chi connectivity index (χ3v) is 5.99. The van der Waals surface area contributed by atoms with E-state index in [1.54, 1.807) is 11.8 Å². The Balaban J connectivity index is 1.46. The van der Waals surface area contributed by atoms with Crippen molar-refractivity contribution >= 4 is 11.8 Å². The molecule has 29 heavy (non-hydrogen) atoms. The van der Waals surface area contributed by atoms with E-state index in [0.29, 0.717) is 0 Å². The fraction of sp³-hybridized carbons (Fsp3) is 0.409. The van der Waals surface area contributed by atoms with Crippen molar-refractivity contribution in [3.05, 3.63) is 71.8 Å². The number of benzene rings is 1. The van der Waals surface area contributed by atoms with Gasteiger partial charge < -0.3 is 9.30 Å². The Kier molecular flexibility index (Phi) is 6.92. The lowest BCUT2D eigenvalue weighted by atomic mass is 10.2. The number of hydrogen-bond acceptors (Lipinski definition) is 6. The molecule has 4 rings (SSSR count). The van der Waals surface area contributed by atoms with E-state index in [2.05, 4.69) is 56.0 Å². The maximum atomic E-state index is 5.89. The van der Waals surface area contributed by atoms with Crippen LogP contribution in [-0.4, -0.2) is 44.4 Å². The van der Waals surface area contributed by atoms with Crippen LogP contribution < -0.4 is 0 Å². The first-order chi connectivity index (χ1) is 14.3. The Morgan fingerprint density at radius 1 is 1.10 bits per heavy atom. The molecule has 0 bridgehead atoms. The Morgan fingerprint density at radius 3 is 2.72 bits per heavy atom. The van der Waals surface area contributed by atoms with E-state index >= 15 is 0 Å². The first-order valence-electron chi connectivity index (χ1n) is 10.1. The summed E-state index contributed by atoms with van der Waals surface area (Å²) in [6, 6.07) is 16.5. The highest BCUT2D eigenvalue weighted by atomic mass is 32.2. The first-order valence-corrected chi connectivity index (χ1v) is 11.1. The predicted octanol–water partition coefficient (Wildman–Crippen LogP) is 3.78. The molecule has 1 fully saturated rings. The summed E-state index contributed by atoms with van der Waals surface area (Å²) in [5.41, 5.74) is 2.34. The minimum atomic E-state index is 0.248. The van der Waals surface area contributed by atoms with E-state index in [1.165, 1.54) is 5.56 Å². The molecule has 1 atom stereocenters. The van der Waals surface area contributed by atoms with Gasteiger partial charge in [0, 0.05) is 25.1 Å². The standard InChI is InChI=1S/C22H27N5OS/c1-26(14-18-8-3-2-4-9-18)16-21-24-25-22(27(21)15-20-11-7-13-28-20)29-17-19-10-5-6-12-23-19/h2-6,8-10,12,20H,7,11,13-17H2,1H3/t20-/m0/s1. The smallest absolute Gasteiger partial charge is 0.191 e. The summed E-state index contributed by atoms with van der Waals surface area (Å²) >= 11 is 1.69. The Labute approximate surface area is 176 Å². The van der Waals surface area contributed by atoms with Crippen LogP contribution >= 0.6 is 11.8 Å². The number of ether oxygens (including phenoxy) is 1. The average molecular weight is 410 g/mol. The van der Waals surface area contributed by atoms with E-state index < -0.39 is 0 Å². The number of aromatic nitrogens is 4. The SMILES string of the molecule is CN(Cc1ccccc1)Cc1nnc(SCc2ccccn2)n1C[C@@H]1CCCO1. The first kappa shape index (κ1) is 20.1. The molecule has 0 saturated carbocycles. The second kappa shape index (κ2) is 10.0. The third-order valence-electron chi connectivity index (χ3n) is 4.99. The number of thioether (sulfide) groups is 1. The maximum Gasteiger partial charge on any atom is 0.191 e. The summed E-state index contributed by atoms with van der Waals surface area (Å²) in [5, 5.41) is 9.97. The molecule has 1 saturated heterocycles. The molecule has 1 aliphatic heterocycles. The fourth-order valence-electron chi connectivity index (χ4n) is 3.53. The molecule has 0 radical (unpaired) electrons. The molecule has 152 valence electrons. The molecule has 0 aliphatic carbocycles. The highest BCUT2D eigenvalue weighted by Gasteiger charge is 2.21. The fourth-order valence-corrected chi connectivity index (χ4v) is 4.41. The molecule has 0 unspecified atom stereocenters. The van der Waals surface area contributed by atoms with Crippen LogP contribution in [0.2, 0.25) is 0 Å². The molecule has 7 heteroatoms. The monoisotopic (exact) mass is 409 g/mol. The van der Waals surface area contributed by atoms with Gasteiger partial charge in [-0.3, -0.25) is 9.88 Å². The van der Waals surface area contributed by atoms with E-state index in [1.807, 2.05) is 30.5 Å². The normalized spacial score (nSPS) is 16.6. The maximum absolute atomic E-state index is 5.89. The van der Waals surface area contributed by atoms with Gasteiger partial charge >= 0.3 is 0 Å². The van der Waals surface area contributed by atoms with Gasteiger partial charge in [-0.1, -0.05) is 48.2 Å². The van der Waals surface area contributed by atoms with Crippen LogP contribution in [0, 0.1) is 0 Å². The second-order valence-electron chi connectivity index (χ2n) is 7.41. The van der Waals surface area contributed by atoms with Crippen molar-refractivity contribution in [2.75, 3.05) is 13.7 Å². The zero-order chi connectivity index (χ0) is 19.9. The molecule has 3 aromatic rings. The predicted molar refractivity (Wildman–Crippen MR) is 114 cm³/mol. The molecule has 2 aromatic heterocycles. The van der Waals surface area contributed by atoms with Crippen molar-refractivity contribution in [1.82, 2.24) is 24.6 Å². The van der Waals surface area contributed by atoms with E-state index in [9.17, 15) is 0 Å². The molecular weight excluding hydrogens is 382 g/mol. The molecule has 0 amide bonds. The molecule has 3 heterocycles. The molecule has 1 aliphatic rings. The van der Waals surface area contributed by atoms with Gasteiger partial charge in [0.15, 0.2) is 5.16 Å². The van der Waals surface area contributed by atoms with Crippen LogP contribution in [-0.2, 0) is 30.1 Å². The highest BCUT2D eigenvalue weighted by Crippen LogP contribution is 2.24. The number of hydrogen-bond donors (Lipinski definition) is 0. The van der Waals surface area contributed by atoms with Crippen molar-refractivity contribution in [3.63, 3.8) is 0 Å². The molecule has 0 N–H and O–H groups in total. The van der Waals surface area contributed by atoms with Crippen molar-refractivity contribution in [2.45, 2.75) is 49.5 Å². The van der Waals surface area contributed by atoms with Gasteiger partial charge in [0.25, 0.3) is 0 Å². The Hall–Kier alpha value is -2.22. The summed E-state index contributed by atoms with van der Waals surface area (Å²) in [5.74, 6) is 1.77. The van der Waals surface area contributed by atoms with E-state index in [-0.39, 0.29) is 6.10 Å². The zero-order valence-electron chi connectivity index (χ0n) is 16.8. The van der Waals surface area contributed by atoms with Crippen LogP contribution in [0.15, 0.2) is 59.9 Å². The summed E-state index contributed by atoms with van der Waals surface area (Å²) in [7, 11) is 2.12. The highest BCUT2D eigenvalue weighted by molar-refractivity contribution is 7.98. The summed E-state index contributed by atoms with van der Waals surface area (Å²) in [6.07, 6.45) is 4.31. The van der Waals surface area contributed by atoms with Crippen molar-refractivity contribution in [2.24, 2.45) is 0 Å². The topological polar surface area (TPSA) is 56.1 Å². The van der Waals surface area contributed by atoms with Crippen LogP contribution in [0.4, 0.5) is 0 Å². The summed E-state index contributed by atoms with van der Waals surface area (Å²) in [4.78, 5) is 6.69. The molecular formula is C22H27N5OS. The van der Waals surface area contributed by atoms with E-state index in [0.717, 1.165) is 61.5 Å². The lowest BCUT2D eigenvalue weighted by Crippen LogP contribution is -2.23. The van der Waals surface area contributed by atoms with Crippen molar-refractivity contribution in [3.8, 4) is 0 Å². The van der Waals surface area contributed by atoms with Gasteiger partial charge in [-0.15, -0.1) is 10.2 Å². The summed E-state index contributed by atoms with van der Waals surface area (Å²) in [6.45, 7) is 3.29. The van der Waals surface area contributed by atoms with Crippen LogP contribution in [0.3, 0.4) is 0 Å². The van der Waals surface area contributed by atoms with Crippen molar-refractivity contribution < 1.29 is 4.74 Å². The Bertz CT molecular complexity index is 881. The second-order valence-corrected chi connectivity index (χ2v) is 8.35. The van der Waals surface area contributed by atoms with Crippen LogP contribution in [0.1, 0.15) is 29.9 Å². The van der Waals surface area contributed by atoms with Gasteiger partial charge in [-0.05, 0) is 37.6 Å². The minimum Gasteiger partial charge on any atom is -0.376 e. The molecule has 6 nitrogen and oxygen atoms in total.